The summed E-state index contributed by atoms with van der Waals surface area (Å²) in [7, 11) is -3.83. The molecule has 0 aromatic heterocycles. The van der Waals surface area contributed by atoms with E-state index in [9.17, 15) is 23.3 Å². The monoisotopic (exact) mass is 427 g/mol. The van der Waals surface area contributed by atoms with Crippen molar-refractivity contribution in [2.24, 2.45) is 0 Å². The third-order valence-electron chi connectivity index (χ3n) is 3.56. The molecule has 0 saturated heterocycles. The molecule has 2 aromatic rings. The van der Waals surface area contributed by atoms with Gasteiger partial charge in [-0.2, -0.15) is 0 Å². The van der Waals surface area contributed by atoms with Crippen molar-refractivity contribution in [3.05, 3.63) is 57.6 Å². The van der Waals surface area contributed by atoms with Crippen LogP contribution in [0.2, 0.25) is 5.02 Å². The molecular weight excluding hydrogens is 410 g/mol. The first-order chi connectivity index (χ1) is 13.1. The van der Waals surface area contributed by atoms with Crippen LogP contribution in [0.5, 0.6) is 5.75 Å². The highest BCUT2D eigenvalue weighted by atomic mass is 35.5. The van der Waals surface area contributed by atoms with Crippen molar-refractivity contribution in [2.45, 2.75) is 6.92 Å². The molecule has 2 aromatic carbocycles. The second-order valence-electron chi connectivity index (χ2n) is 5.64. The number of sulfonamides is 1. The summed E-state index contributed by atoms with van der Waals surface area (Å²) in [5.74, 6) is -0.421. The van der Waals surface area contributed by atoms with E-state index in [-0.39, 0.29) is 22.1 Å². The van der Waals surface area contributed by atoms with E-state index in [0.29, 0.717) is 12.4 Å². The highest BCUT2D eigenvalue weighted by Gasteiger charge is 2.24. The fourth-order valence-electron chi connectivity index (χ4n) is 2.36. The Bertz CT molecular complexity index is 996. The molecule has 0 spiro atoms. The van der Waals surface area contributed by atoms with Gasteiger partial charge in [0, 0.05) is 12.1 Å². The summed E-state index contributed by atoms with van der Waals surface area (Å²) in [4.78, 5) is 22.7. The van der Waals surface area contributed by atoms with Crippen LogP contribution >= 0.6 is 11.6 Å². The highest BCUT2D eigenvalue weighted by molar-refractivity contribution is 7.92. The van der Waals surface area contributed by atoms with Gasteiger partial charge in [0.1, 0.15) is 12.3 Å². The van der Waals surface area contributed by atoms with Crippen molar-refractivity contribution in [1.82, 2.24) is 0 Å². The summed E-state index contributed by atoms with van der Waals surface area (Å²) in [6.07, 6.45) is 0.962. The molecule has 9 nitrogen and oxygen atoms in total. The summed E-state index contributed by atoms with van der Waals surface area (Å²) >= 11 is 5.97. The largest absolute Gasteiger partial charge is 0.492 e. The molecule has 2 rings (SSSR count). The van der Waals surface area contributed by atoms with Crippen LogP contribution in [0.3, 0.4) is 0 Å². The molecule has 1 amide bonds. The molecule has 0 fully saturated rings. The first-order valence-corrected chi connectivity index (χ1v) is 10.3. The summed E-state index contributed by atoms with van der Waals surface area (Å²) < 4.78 is 30.9. The van der Waals surface area contributed by atoms with Gasteiger partial charge in [-0.05, 0) is 25.1 Å². The Morgan fingerprint density at radius 1 is 1.29 bits per heavy atom. The Kier molecular flexibility index (Phi) is 6.81. The van der Waals surface area contributed by atoms with Gasteiger partial charge in [-0.1, -0.05) is 23.7 Å². The Morgan fingerprint density at radius 2 is 1.96 bits per heavy atom. The number of hydrogen-bond acceptors (Lipinski definition) is 6. The second-order valence-corrected chi connectivity index (χ2v) is 7.95. The van der Waals surface area contributed by atoms with Crippen molar-refractivity contribution in [3.8, 4) is 5.75 Å². The zero-order valence-electron chi connectivity index (χ0n) is 15.1. The highest BCUT2D eigenvalue weighted by Crippen LogP contribution is 2.30. The van der Waals surface area contributed by atoms with Gasteiger partial charge in [-0.3, -0.25) is 19.2 Å². The molecule has 0 bridgehead atoms. The minimum atomic E-state index is -3.83. The lowest BCUT2D eigenvalue weighted by Gasteiger charge is -2.24. The number of carbonyl (C=O) groups is 1. The number of nitrogens with zero attached hydrogens (tertiary/aromatic N) is 2. The molecule has 0 radical (unpaired) electrons. The summed E-state index contributed by atoms with van der Waals surface area (Å²) in [6.45, 7) is 1.49. The molecule has 28 heavy (non-hydrogen) atoms. The van der Waals surface area contributed by atoms with Gasteiger partial charge in [0.05, 0.1) is 34.2 Å². The molecule has 0 unspecified atom stereocenters. The molecule has 0 heterocycles. The number of para-hydroxylation sites is 2. The SMILES string of the molecule is CCOc1ccccc1N(CC(=O)Nc1cc([N+](=O)[O-])ccc1Cl)S(C)(=O)=O. The van der Waals surface area contributed by atoms with Crippen molar-refractivity contribution in [1.29, 1.82) is 0 Å². The Morgan fingerprint density at radius 3 is 2.57 bits per heavy atom. The lowest BCUT2D eigenvalue weighted by Crippen LogP contribution is -2.37. The van der Waals surface area contributed by atoms with E-state index in [1.807, 2.05) is 0 Å². The predicted molar refractivity (Wildman–Crippen MR) is 107 cm³/mol. The topological polar surface area (TPSA) is 119 Å². The first-order valence-electron chi connectivity index (χ1n) is 8.06. The lowest BCUT2D eigenvalue weighted by molar-refractivity contribution is -0.384. The molecule has 0 aliphatic rings. The Hall–Kier alpha value is -2.85. The molecule has 11 heteroatoms. The maximum atomic E-state index is 12.5. The van der Waals surface area contributed by atoms with E-state index >= 15 is 0 Å². The van der Waals surface area contributed by atoms with E-state index in [1.165, 1.54) is 18.2 Å². The average Bonchev–Trinajstić information content (AvgIpc) is 2.61. The molecule has 0 aliphatic carbocycles. The summed E-state index contributed by atoms with van der Waals surface area (Å²) in [6, 6.07) is 9.96. The smallest absolute Gasteiger partial charge is 0.271 e. The van der Waals surface area contributed by atoms with E-state index < -0.39 is 27.4 Å². The third-order valence-corrected chi connectivity index (χ3v) is 5.01. The van der Waals surface area contributed by atoms with Gasteiger partial charge in [0.15, 0.2) is 0 Å². The van der Waals surface area contributed by atoms with Gasteiger partial charge in [0.2, 0.25) is 15.9 Å². The van der Waals surface area contributed by atoms with E-state index in [1.54, 1.807) is 25.1 Å². The fourth-order valence-corrected chi connectivity index (χ4v) is 3.39. The van der Waals surface area contributed by atoms with Crippen molar-refractivity contribution < 1.29 is 22.9 Å². The van der Waals surface area contributed by atoms with Crippen molar-refractivity contribution in [3.63, 3.8) is 0 Å². The first kappa shape index (κ1) is 21.5. The molecule has 150 valence electrons. The standard InChI is InChI=1S/C17H18ClN3O6S/c1-3-27-16-7-5-4-6-15(16)20(28(2,25)26)11-17(22)19-14-10-12(21(23)24)8-9-13(14)18/h4-10H,3,11H2,1-2H3,(H,19,22). The normalized spacial score (nSPS) is 11.0. The van der Waals surface area contributed by atoms with Crippen LogP contribution in [-0.2, 0) is 14.8 Å². The Balaban J connectivity index is 2.31. The number of nitro groups is 1. The van der Waals surface area contributed by atoms with Crippen LogP contribution in [0, 0.1) is 10.1 Å². The maximum Gasteiger partial charge on any atom is 0.271 e. The fraction of sp³-hybridized carbons (Fsp3) is 0.235. The van der Waals surface area contributed by atoms with Crippen LogP contribution in [-0.4, -0.2) is 38.7 Å². The summed E-state index contributed by atoms with van der Waals surface area (Å²) in [5.41, 5.74) is -0.0547. The molecule has 0 saturated carbocycles. The van der Waals surface area contributed by atoms with Crippen molar-refractivity contribution in [2.75, 3.05) is 29.0 Å². The van der Waals surface area contributed by atoms with E-state index in [0.717, 1.165) is 16.6 Å². The number of carbonyl (C=O) groups excluding carboxylic acids is 1. The number of nitrogens with one attached hydrogen (secondary N) is 1. The van der Waals surface area contributed by atoms with Crippen molar-refractivity contribution >= 4 is 44.6 Å². The van der Waals surface area contributed by atoms with Crippen LogP contribution < -0.4 is 14.4 Å². The van der Waals surface area contributed by atoms with Gasteiger partial charge in [-0.25, -0.2) is 8.42 Å². The number of halogens is 1. The van der Waals surface area contributed by atoms with Crippen LogP contribution in [0.25, 0.3) is 0 Å². The number of ether oxygens (including phenoxy) is 1. The second kappa shape index (κ2) is 8.89. The van der Waals surface area contributed by atoms with Crippen LogP contribution in [0.4, 0.5) is 17.1 Å². The average molecular weight is 428 g/mol. The van der Waals surface area contributed by atoms with Crippen LogP contribution in [0.15, 0.2) is 42.5 Å². The van der Waals surface area contributed by atoms with Gasteiger partial charge >= 0.3 is 0 Å². The molecule has 0 aliphatic heterocycles. The molecule has 1 N–H and O–H groups in total. The molecular formula is C17H18ClN3O6S. The van der Waals surface area contributed by atoms with Gasteiger partial charge in [-0.15, -0.1) is 0 Å². The summed E-state index contributed by atoms with van der Waals surface area (Å²) in [5, 5.41) is 13.4. The minimum absolute atomic E-state index is 0.00686. The minimum Gasteiger partial charge on any atom is -0.492 e. The van der Waals surface area contributed by atoms with E-state index in [2.05, 4.69) is 5.32 Å². The quantitative estimate of drug-likeness (QED) is 0.510. The number of non-ortho nitro benzene ring substituents is 1. The third kappa shape index (κ3) is 5.33. The Labute approximate surface area is 167 Å². The molecule has 0 atom stereocenters. The number of anilines is 2. The van der Waals surface area contributed by atoms with E-state index in [4.69, 9.17) is 16.3 Å². The maximum absolute atomic E-state index is 12.5. The number of nitro benzene ring substituents is 1. The number of benzene rings is 2. The number of amides is 1. The zero-order chi connectivity index (χ0) is 20.9. The van der Waals surface area contributed by atoms with Gasteiger partial charge in [0.25, 0.3) is 5.69 Å². The number of hydrogen-bond donors (Lipinski definition) is 1. The predicted octanol–water partition coefficient (Wildman–Crippen LogP) is 3.05. The number of rotatable bonds is 8. The lowest BCUT2D eigenvalue weighted by atomic mass is 10.2. The van der Waals surface area contributed by atoms with Crippen LogP contribution in [0.1, 0.15) is 6.92 Å². The van der Waals surface area contributed by atoms with Gasteiger partial charge < -0.3 is 10.1 Å². The zero-order valence-corrected chi connectivity index (χ0v) is 16.7.